The number of carbonyl (C=O) groups is 1. The van der Waals surface area contributed by atoms with Crippen molar-refractivity contribution in [2.45, 2.75) is 47.1 Å². The molecule has 0 aromatic heterocycles. The van der Waals surface area contributed by atoms with E-state index in [1.54, 1.807) is 0 Å². The van der Waals surface area contributed by atoms with Crippen LogP contribution < -0.4 is 5.32 Å². The molecule has 1 rings (SSSR count). The van der Waals surface area contributed by atoms with Gasteiger partial charge in [0.1, 0.15) is 0 Å². The summed E-state index contributed by atoms with van der Waals surface area (Å²) < 4.78 is 0. The van der Waals surface area contributed by atoms with Crippen LogP contribution in [-0.2, 0) is 5.54 Å². The van der Waals surface area contributed by atoms with E-state index in [0.717, 1.165) is 18.7 Å². The zero-order valence-corrected chi connectivity index (χ0v) is 15.4. The van der Waals surface area contributed by atoms with Gasteiger partial charge in [-0.05, 0) is 43.4 Å². The number of rotatable bonds is 6. The van der Waals surface area contributed by atoms with Gasteiger partial charge in [0.05, 0.1) is 5.54 Å². The average molecular weight is 325 g/mol. The molecule has 124 valence electrons. The molecule has 0 radical (unpaired) electrons. The zero-order chi connectivity index (χ0) is 16.9. The summed E-state index contributed by atoms with van der Waals surface area (Å²) in [6.07, 6.45) is 0. The first-order valence-corrected chi connectivity index (χ1v) is 8.32. The lowest BCUT2D eigenvalue weighted by Crippen LogP contribution is -2.50. The summed E-state index contributed by atoms with van der Waals surface area (Å²) in [5.74, 6) is 0.895. The lowest BCUT2D eigenvalue weighted by Gasteiger charge is -2.33. The molecule has 0 aliphatic carbocycles. The van der Waals surface area contributed by atoms with E-state index >= 15 is 0 Å². The van der Waals surface area contributed by atoms with Gasteiger partial charge in [-0.3, -0.25) is 0 Å². The lowest BCUT2D eigenvalue weighted by molar-refractivity contribution is 0.173. The zero-order valence-electron chi connectivity index (χ0n) is 14.6. The van der Waals surface area contributed by atoms with Gasteiger partial charge in [0, 0.05) is 18.1 Å². The Labute approximate surface area is 140 Å². The van der Waals surface area contributed by atoms with E-state index in [0.29, 0.717) is 16.9 Å². The smallest absolute Gasteiger partial charge is 0.318 e. The highest BCUT2D eigenvalue weighted by Crippen LogP contribution is 2.22. The molecule has 0 aliphatic rings. The quantitative estimate of drug-likeness (QED) is 0.793. The van der Waals surface area contributed by atoms with E-state index in [4.69, 9.17) is 11.6 Å². The van der Waals surface area contributed by atoms with Crippen molar-refractivity contribution in [3.05, 3.63) is 34.9 Å². The number of urea groups is 1. The van der Waals surface area contributed by atoms with E-state index in [1.165, 1.54) is 0 Å². The predicted molar refractivity (Wildman–Crippen MR) is 94.3 cm³/mol. The highest BCUT2D eigenvalue weighted by Gasteiger charge is 2.26. The van der Waals surface area contributed by atoms with Crippen molar-refractivity contribution in [1.82, 2.24) is 10.2 Å². The summed E-state index contributed by atoms with van der Waals surface area (Å²) in [5.41, 5.74) is 0.604. The van der Waals surface area contributed by atoms with Crippen LogP contribution in [0.1, 0.15) is 47.1 Å². The Hall–Kier alpha value is -1.22. The second-order valence-electron chi connectivity index (χ2n) is 7.25. The fraction of sp³-hybridized carbons (Fsp3) is 0.611. The first kappa shape index (κ1) is 18.8. The highest BCUT2D eigenvalue weighted by atomic mass is 35.5. The molecule has 0 unspecified atom stereocenters. The number of carbonyl (C=O) groups excluding carboxylic acids is 1. The molecule has 22 heavy (non-hydrogen) atoms. The Kier molecular flexibility index (Phi) is 6.73. The molecule has 1 aromatic rings. The van der Waals surface area contributed by atoms with Crippen molar-refractivity contribution in [2.24, 2.45) is 11.8 Å². The summed E-state index contributed by atoms with van der Waals surface area (Å²) >= 11 is 5.94. The molecule has 0 saturated carbocycles. The number of hydrogen-bond donors (Lipinski definition) is 1. The van der Waals surface area contributed by atoms with Gasteiger partial charge in [0.25, 0.3) is 0 Å². The summed E-state index contributed by atoms with van der Waals surface area (Å²) in [6.45, 7) is 14.1. The van der Waals surface area contributed by atoms with Crippen molar-refractivity contribution in [3.8, 4) is 0 Å². The van der Waals surface area contributed by atoms with E-state index < -0.39 is 5.54 Å². The molecule has 0 bridgehead atoms. The Morgan fingerprint density at radius 3 is 1.95 bits per heavy atom. The fourth-order valence-corrected chi connectivity index (χ4v) is 2.53. The second-order valence-corrected chi connectivity index (χ2v) is 7.69. The molecular weight excluding hydrogens is 296 g/mol. The third-order valence-corrected chi connectivity index (χ3v) is 3.70. The van der Waals surface area contributed by atoms with Crippen molar-refractivity contribution >= 4 is 17.6 Å². The van der Waals surface area contributed by atoms with Gasteiger partial charge >= 0.3 is 6.03 Å². The molecule has 1 N–H and O–H groups in total. The molecule has 0 spiro atoms. The number of amides is 2. The van der Waals surface area contributed by atoms with Gasteiger partial charge in [-0.25, -0.2) is 4.79 Å². The number of benzene rings is 1. The van der Waals surface area contributed by atoms with E-state index in [2.05, 4.69) is 33.0 Å². The van der Waals surface area contributed by atoms with Crippen molar-refractivity contribution in [2.75, 3.05) is 13.1 Å². The minimum absolute atomic E-state index is 0.0117. The standard InChI is InChI=1S/C18H29ClN2O/c1-13(2)11-21(12-14(3)4)17(22)20-18(5,6)15-7-9-16(19)10-8-15/h7-10,13-14H,11-12H2,1-6H3,(H,20,22). The summed E-state index contributed by atoms with van der Waals surface area (Å²) in [4.78, 5) is 14.6. The molecule has 0 atom stereocenters. The van der Waals surface area contributed by atoms with Gasteiger partial charge in [-0.15, -0.1) is 0 Å². The Balaban J connectivity index is 2.83. The third kappa shape index (κ3) is 5.88. The minimum atomic E-state index is -0.437. The fourth-order valence-electron chi connectivity index (χ4n) is 2.41. The van der Waals surface area contributed by atoms with Crippen LogP contribution in [-0.4, -0.2) is 24.0 Å². The monoisotopic (exact) mass is 324 g/mol. The van der Waals surface area contributed by atoms with E-state index in [9.17, 15) is 4.79 Å². The van der Waals surface area contributed by atoms with Gasteiger partial charge in [-0.1, -0.05) is 51.4 Å². The van der Waals surface area contributed by atoms with Gasteiger partial charge in [-0.2, -0.15) is 0 Å². The van der Waals surface area contributed by atoms with E-state index in [1.807, 2.05) is 43.0 Å². The molecule has 0 fully saturated rings. The van der Waals surface area contributed by atoms with E-state index in [-0.39, 0.29) is 6.03 Å². The molecule has 3 nitrogen and oxygen atoms in total. The van der Waals surface area contributed by atoms with Crippen LogP contribution in [0.2, 0.25) is 5.02 Å². The van der Waals surface area contributed by atoms with Crippen molar-refractivity contribution in [1.29, 1.82) is 0 Å². The molecule has 0 aliphatic heterocycles. The molecular formula is C18H29ClN2O. The topological polar surface area (TPSA) is 32.3 Å². The Bertz CT molecular complexity index is 470. The molecule has 2 amide bonds. The summed E-state index contributed by atoms with van der Waals surface area (Å²) in [7, 11) is 0. The predicted octanol–water partition coefficient (Wildman–Crippen LogP) is 4.90. The Morgan fingerprint density at radius 1 is 1.09 bits per heavy atom. The van der Waals surface area contributed by atoms with Crippen molar-refractivity contribution < 1.29 is 4.79 Å². The van der Waals surface area contributed by atoms with Crippen LogP contribution >= 0.6 is 11.6 Å². The van der Waals surface area contributed by atoms with Crippen LogP contribution in [0.15, 0.2) is 24.3 Å². The van der Waals surface area contributed by atoms with Crippen LogP contribution in [0, 0.1) is 11.8 Å². The number of nitrogens with zero attached hydrogens (tertiary/aromatic N) is 1. The Morgan fingerprint density at radius 2 is 1.55 bits per heavy atom. The first-order valence-electron chi connectivity index (χ1n) is 7.95. The van der Waals surface area contributed by atoms with Gasteiger partial charge in [0.2, 0.25) is 0 Å². The molecule has 1 aromatic carbocycles. The van der Waals surface area contributed by atoms with Crippen molar-refractivity contribution in [3.63, 3.8) is 0 Å². The minimum Gasteiger partial charge on any atom is -0.329 e. The second kappa shape index (κ2) is 7.87. The normalized spacial score (nSPS) is 11.9. The number of hydrogen-bond acceptors (Lipinski definition) is 1. The molecule has 4 heteroatoms. The summed E-state index contributed by atoms with van der Waals surface area (Å²) in [6, 6.07) is 7.60. The summed E-state index contributed by atoms with van der Waals surface area (Å²) in [5, 5.41) is 3.85. The average Bonchev–Trinajstić information content (AvgIpc) is 2.36. The van der Waals surface area contributed by atoms with Crippen LogP contribution in [0.3, 0.4) is 0 Å². The van der Waals surface area contributed by atoms with Crippen LogP contribution in [0.5, 0.6) is 0 Å². The third-order valence-electron chi connectivity index (χ3n) is 3.44. The SMILES string of the molecule is CC(C)CN(CC(C)C)C(=O)NC(C)(C)c1ccc(Cl)cc1. The van der Waals surface area contributed by atoms with Crippen LogP contribution in [0.25, 0.3) is 0 Å². The molecule has 0 saturated heterocycles. The highest BCUT2D eigenvalue weighted by molar-refractivity contribution is 6.30. The van der Waals surface area contributed by atoms with Gasteiger partial charge < -0.3 is 10.2 Å². The first-order chi connectivity index (χ1) is 10.1. The number of halogens is 1. The van der Waals surface area contributed by atoms with Crippen LogP contribution in [0.4, 0.5) is 4.79 Å². The maximum atomic E-state index is 12.7. The van der Waals surface area contributed by atoms with Gasteiger partial charge in [0.15, 0.2) is 0 Å². The number of nitrogens with one attached hydrogen (secondary N) is 1. The largest absolute Gasteiger partial charge is 0.329 e. The molecule has 0 heterocycles. The maximum absolute atomic E-state index is 12.7. The lowest BCUT2D eigenvalue weighted by atomic mass is 9.94. The maximum Gasteiger partial charge on any atom is 0.318 e.